The molecule has 2 aromatic carbocycles. The maximum Gasteiger partial charge on any atom is 0.220 e. The first-order chi connectivity index (χ1) is 11.5. The van der Waals surface area contributed by atoms with Crippen molar-refractivity contribution in [3.8, 4) is 0 Å². The molecule has 0 aliphatic carbocycles. The van der Waals surface area contributed by atoms with Gasteiger partial charge >= 0.3 is 0 Å². The predicted molar refractivity (Wildman–Crippen MR) is 104 cm³/mol. The van der Waals surface area contributed by atoms with Gasteiger partial charge in [-0.3, -0.25) is 4.79 Å². The molecule has 24 heavy (non-hydrogen) atoms. The highest BCUT2D eigenvalue weighted by Crippen LogP contribution is 2.22. The van der Waals surface area contributed by atoms with E-state index in [2.05, 4.69) is 37.4 Å². The fraction of sp³-hybridized carbons (Fsp3) is 0.350. The molecule has 0 unspecified atom stereocenters. The van der Waals surface area contributed by atoms with Crippen molar-refractivity contribution in [1.82, 2.24) is 5.32 Å². The Morgan fingerprint density at radius 1 is 1.17 bits per heavy atom. The van der Waals surface area contributed by atoms with Crippen molar-refractivity contribution < 1.29 is 4.79 Å². The molecule has 0 aliphatic rings. The second kappa shape index (κ2) is 9.14. The van der Waals surface area contributed by atoms with Gasteiger partial charge in [0.05, 0.1) is 6.04 Å². The van der Waals surface area contributed by atoms with Crippen molar-refractivity contribution in [2.24, 2.45) is 0 Å². The second-order valence-corrected chi connectivity index (χ2v) is 7.66. The van der Waals surface area contributed by atoms with E-state index < -0.39 is 0 Å². The van der Waals surface area contributed by atoms with Gasteiger partial charge in [0.15, 0.2) is 0 Å². The van der Waals surface area contributed by atoms with Gasteiger partial charge in [0.1, 0.15) is 0 Å². The van der Waals surface area contributed by atoms with Crippen LogP contribution in [0.3, 0.4) is 0 Å². The first-order valence-corrected chi connectivity index (χ1v) is 9.57. The number of rotatable bonds is 7. The molecular weight excluding hydrogens is 338 g/mol. The summed E-state index contributed by atoms with van der Waals surface area (Å²) in [5.74, 6) is 1.03. The molecule has 0 fully saturated rings. The molecule has 1 N–H and O–H groups in total. The SMILES string of the molecule is Cc1ccc(C)c([C@@H](C)NC(=O)CCCSc2ccc(Cl)cc2)c1. The molecule has 1 amide bonds. The van der Waals surface area contributed by atoms with Crippen LogP contribution >= 0.6 is 23.4 Å². The van der Waals surface area contributed by atoms with Gasteiger partial charge in [-0.15, -0.1) is 11.8 Å². The van der Waals surface area contributed by atoms with Gasteiger partial charge in [-0.1, -0.05) is 35.4 Å². The number of halogens is 1. The Labute approximate surface area is 154 Å². The number of hydrogen-bond acceptors (Lipinski definition) is 2. The zero-order valence-electron chi connectivity index (χ0n) is 14.4. The van der Waals surface area contributed by atoms with E-state index in [1.807, 2.05) is 31.2 Å². The van der Waals surface area contributed by atoms with Crippen LogP contribution in [-0.2, 0) is 4.79 Å². The van der Waals surface area contributed by atoms with E-state index in [1.54, 1.807) is 11.8 Å². The molecule has 2 aromatic rings. The average molecular weight is 362 g/mol. The third-order valence-corrected chi connectivity index (χ3v) is 5.26. The lowest BCUT2D eigenvalue weighted by Crippen LogP contribution is -2.27. The normalized spacial score (nSPS) is 12.0. The first kappa shape index (κ1) is 18.9. The highest BCUT2D eigenvalue weighted by molar-refractivity contribution is 7.99. The highest BCUT2D eigenvalue weighted by Gasteiger charge is 2.11. The summed E-state index contributed by atoms with van der Waals surface area (Å²) in [6.07, 6.45) is 1.41. The van der Waals surface area contributed by atoms with Crippen molar-refractivity contribution in [2.75, 3.05) is 5.75 Å². The summed E-state index contributed by atoms with van der Waals surface area (Å²) in [7, 11) is 0. The lowest BCUT2D eigenvalue weighted by molar-refractivity contribution is -0.121. The fourth-order valence-electron chi connectivity index (χ4n) is 2.57. The third kappa shape index (κ3) is 5.88. The van der Waals surface area contributed by atoms with E-state index in [-0.39, 0.29) is 11.9 Å². The van der Waals surface area contributed by atoms with E-state index >= 15 is 0 Å². The number of hydrogen-bond donors (Lipinski definition) is 1. The summed E-state index contributed by atoms with van der Waals surface area (Å²) in [5, 5.41) is 3.85. The fourth-order valence-corrected chi connectivity index (χ4v) is 3.55. The molecule has 0 aliphatic heterocycles. The lowest BCUT2D eigenvalue weighted by Gasteiger charge is -2.17. The maximum atomic E-state index is 12.1. The molecule has 0 spiro atoms. The van der Waals surface area contributed by atoms with Gasteiger partial charge in [-0.2, -0.15) is 0 Å². The summed E-state index contributed by atoms with van der Waals surface area (Å²) in [6, 6.07) is 14.2. The van der Waals surface area contributed by atoms with Crippen molar-refractivity contribution in [1.29, 1.82) is 0 Å². The van der Waals surface area contributed by atoms with Crippen LogP contribution < -0.4 is 5.32 Å². The maximum absolute atomic E-state index is 12.1. The quantitative estimate of drug-likeness (QED) is 0.505. The Morgan fingerprint density at radius 3 is 2.58 bits per heavy atom. The Hall–Kier alpha value is -1.45. The Morgan fingerprint density at radius 2 is 1.88 bits per heavy atom. The summed E-state index contributed by atoms with van der Waals surface area (Å²) in [5.41, 5.74) is 3.63. The number of thioether (sulfide) groups is 1. The molecule has 0 radical (unpaired) electrons. The van der Waals surface area contributed by atoms with E-state index in [0.717, 1.165) is 17.2 Å². The van der Waals surface area contributed by atoms with Crippen LogP contribution in [-0.4, -0.2) is 11.7 Å². The number of nitrogens with one attached hydrogen (secondary N) is 1. The van der Waals surface area contributed by atoms with E-state index in [4.69, 9.17) is 11.6 Å². The van der Waals surface area contributed by atoms with Crippen molar-refractivity contribution in [2.45, 2.75) is 44.6 Å². The number of carbonyl (C=O) groups is 1. The number of aryl methyl sites for hydroxylation is 2. The zero-order valence-corrected chi connectivity index (χ0v) is 16.0. The Bertz CT molecular complexity index is 685. The molecule has 4 heteroatoms. The van der Waals surface area contributed by atoms with Gasteiger partial charge in [-0.05, 0) is 68.3 Å². The molecule has 0 saturated carbocycles. The van der Waals surface area contributed by atoms with Crippen LogP contribution in [0.1, 0.15) is 42.5 Å². The molecule has 128 valence electrons. The molecule has 0 saturated heterocycles. The number of benzene rings is 2. The third-order valence-electron chi connectivity index (χ3n) is 3.91. The Kier molecular flexibility index (Phi) is 7.19. The van der Waals surface area contributed by atoms with Crippen LogP contribution in [0.2, 0.25) is 5.02 Å². The summed E-state index contributed by atoms with van der Waals surface area (Å²) in [4.78, 5) is 13.3. The van der Waals surface area contributed by atoms with E-state index in [0.29, 0.717) is 6.42 Å². The van der Waals surface area contributed by atoms with Crippen LogP contribution in [0.5, 0.6) is 0 Å². The van der Waals surface area contributed by atoms with Crippen LogP contribution in [0.15, 0.2) is 47.4 Å². The molecule has 2 rings (SSSR count). The monoisotopic (exact) mass is 361 g/mol. The predicted octanol–water partition coefficient (Wildman–Crippen LogP) is 5.71. The second-order valence-electron chi connectivity index (χ2n) is 6.06. The van der Waals surface area contributed by atoms with Crippen molar-refractivity contribution >= 4 is 29.3 Å². The minimum Gasteiger partial charge on any atom is -0.350 e. The van der Waals surface area contributed by atoms with E-state index in [1.165, 1.54) is 21.6 Å². The molecule has 2 nitrogen and oxygen atoms in total. The van der Waals surface area contributed by atoms with Gasteiger partial charge in [-0.25, -0.2) is 0 Å². The first-order valence-electron chi connectivity index (χ1n) is 8.20. The van der Waals surface area contributed by atoms with Gasteiger partial charge < -0.3 is 5.32 Å². The molecular formula is C20H24ClNOS. The topological polar surface area (TPSA) is 29.1 Å². The number of carbonyl (C=O) groups excluding carboxylic acids is 1. The lowest BCUT2D eigenvalue weighted by atomic mass is 10.00. The van der Waals surface area contributed by atoms with Gasteiger partial charge in [0.2, 0.25) is 5.91 Å². The smallest absolute Gasteiger partial charge is 0.220 e. The molecule has 0 heterocycles. The zero-order chi connectivity index (χ0) is 17.5. The van der Waals surface area contributed by atoms with Crippen LogP contribution in [0.25, 0.3) is 0 Å². The Balaban J connectivity index is 1.74. The minimum atomic E-state index is 0.0429. The van der Waals surface area contributed by atoms with E-state index in [9.17, 15) is 4.79 Å². The standard InChI is InChI=1S/C20H24ClNOS/c1-14-6-7-15(2)19(13-14)16(3)22-20(23)5-4-12-24-18-10-8-17(21)9-11-18/h6-11,13,16H,4-5,12H2,1-3H3,(H,22,23)/t16-/m1/s1. The molecule has 0 bridgehead atoms. The summed E-state index contributed by atoms with van der Waals surface area (Å²) < 4.78 is 0. The highest BCUT2D eigenvalue weighted by atomic mass is 35.5. The van der Waals surface area contributed by atoms with Crippen LogP contribution in [0.4, 0.5) is 0 Å². The van der Waals surface area contributed by atoms with Gasteiger partial charge in [0.25, 0.3) is 0 Å². The molecule has 1 atom stereocenters. The number of amides is 1. The van der Waals surface area contributed by atoms with Crippen molar-refractivity contribution in [3.05, 3.63) is 64.2 Å². The largest absolute Gasteiger partial charge is 0.350 e. The van der Waals surface area contributed by atoms with Gasteiger partial charge in [0, 0.05) is 16.3 Å². The summed E-state index contributed by atoms with van der Waals surface area (Å²) in [6.45, 7) is 6.20. The van der Waals surface area contributed by atoms with Crippen LogP contribution in [0, 0.1) is 13.8 Å². The van der Waals surface area contributed by atoms with Crippen molar-refractivity contribution in [3.63, 3.8) is 0 Å². The average Bonchev–Trinajstić information content (AvgIpc) is 2.55. The minimum absolute atomic E-state index is 0.0429. The molecule has 0 aromatic heterocycles. The summed E-state index contributed by atoms with van der Waals surface area (Å²) >= 11 is 7.62.